The number of aryl methyl sites for hydroxylation is 1. The van der Waals surface area contributed by atoms with Gasteiger partial charge in [0.05, 0.1) is 19.1 Å². The molecule has 5 heteroatoms. The zero-order chi connectivity index (χ0) is 15.4. The van der Waals surface area contributed by atoms with Gasteiger partial charge in [-0.1, -0.05) is 18.2 Å². The van der Waals surface area contributed by atoms with Crippen LogP contribution in [0.25, 0.3) is 0 Å². The molecule has 0 amide bonds. The van der Waals surface area contributed by atoms with Gasteiger partial charge >= 0.3 is 0 Å². The summed E-state index contributed by atoms with van der Waals surface area (Å²) >= 11 is 0. The number of hydrogen-bond acceptors (Lipinski definition) is 4. The fourth-order valence-corrected chi connectivity index (χ4v) is 2.95. The highest BCUT2D eigenvalue weighted by Crippen LogP contribution is 2.20. The van der Waals surface area contributed by atoms with E-state index in [2.05, 4.69) is 38.5 Å². The van der Waals surface area contributed by atoms with Crippen LogP contribution in [0.1, 0.15) is 11.3 Å². The van der Waals surface area contributed by atoms with Crippen molar-refractivity contribution in [3.05, 3.63) is 48.0 Å². The van der Waals surface area contributed by atoms with Gasteiger partial charge in [-0.15, -0.1) is 0 Å². The van der Waals surface area contributed by atoms with E-state index in [9.17, 15) is 0 Å². The predicted octanol–water partition coefficient (Wildman–Crippen LogP) is 1.75. The maximum absolute atomic E-state index is 5.44. The van der Waals surface area contributed by atoms with Crippen LogP contribution in [0.4, 0.5) is 0 Å². The number of para-hydroxylation sites is 1. The number of nitrogens with zero attached hydrogens (tertiary/aromatic N) is 4. The number of aromatic nitrogens is 2. The molecule has 0 radical (unpaired) electrons. The largest absolute Gasteiger partial charge is 0.496 e. The highest BCUT2D eigenvalue weighted by molar-refractivity contribution is 5.33. The Morgan fingerprint density at radius 2 is 1.73 bits per heavy atom. The topological polar surface area (TPSA) is 33.5 Å². The van der Waals surface area contributed by atoms with E-state index in [0.717, 1.165) is 45.0 Å². The van der Waals surface area contributed by atoms with Crippen molar-refractivity contribution in [3.8, 4) is 5.75 Å². The number of hydrogen-bond donors (Lipinski definition) is 0. The number of piperazine rings is 1. The second-order valence-corrected chi connectivity index (χ2v) is 5.86. The Bertz CT molecular complexity index is 602. The molecular weight excluding hydrogens is 276 g/mol. The molecule has 0 unspecified atom stereocenters. The van der Waals surface area contributed by atoms with Gasteiger partial charge in [0.2, 0.25) is 0 Å². The van der Waals surface area contributed by atoms with Crippen molar-refractivity contribution in [2.24, 2.45) is 7.05 Å². The van der Waals surface area contributed by atoms with E-state index < -0.39 is 0 Å². The van der Waals surface area contributed by atoms with Crippen LogP contribution in [-0.4, -0.2) is 52.6 Å². The smallest absolute Gasteiger partial charge is 0.123 e. The van der Waals surface area contributed by atoms with E-state index in [0.29, 0.717) is 0 Å². The quantitative estimate of drug-likeness (QED) is 0.842. The third kappa shape index (κ3) is 3.48. The average molecular weight is 300 g/mol. The molecule has 1 fully saturated rings. The average Bonchev–Trinajstić information content (AvgIpc) is 2.95. The maximum atomic E-state index is 5.44. The lowest BCUT2D eigenvalue weighted by atomic mass is 10.1. The molecule has 1 saturated heterocycles. The van der Waals surface area contributed by atoms with Crippen LogP contribution in [0.2, 0.25) is 0 Å². The molecule has 22 heavy (non-hydrogen) atoms. The fraction of sp³-hybridized carbons (Fsp3) is 0.471. The number of benzene rings is 1. The van der Waals surface area contributed by atoms with E-state index >= 15 is 0 Å². The van der Waals surface area contributed by atoms with Crippen LogP contribution < -0.4 is 4.74 Å². The van der Waals surface area contributed by atoms with Gasteiger partial charge in [-0.05, 0) is 6.07 Å². The minimum absolute atomic E-state index is 0.962. The van der Waals surface area contributed by atoms with Crippen LogP contribution in [0, 0.1) is 0 Å². The highest BCUT2D eigenvalue weighted by Gasteiger charge is 2.18. The summed E-state index contributed by atoms with van der Waals surface area (Å²) in [6, 6.07) is 8.29. The second-order valence-electron chi connectivity index (χ2n) is 5.86. The van der Waals surface area contributed by atoms with Crippen LogP contribution in [0.3, 0.4) is 0 Å². The molecule has 2 heterocycles. The monoisotopic (exact) mass is 300 g/mol. The molecule has 118 valence electrons. The summed E-state index contributed by atoms with van der Waals surface area (Å²) in [5.41, 5.74) is 2.54. The van der Waals surface area contributed by atoms with Gasteiger partial charge in [0.25, 0.3) is 0 Å². The fourth-order valence-electron chi connectivity index (χ4n) is 2.95. The lowest BCUT2D eigenvalue weighted by molar-refractivity contribution is 0.119. The number of rotatable bonds is 5. The van der Waals surface area contributed by atoms with Crippen molar-refractivity contribution in [3.63, 3.8) is 0 Å². The molecule has 5 nitrogen and oxygen atoms in total. The number of methoxy groups -OCH3 is 1. The summed E-state index contributed by atoms with van der Waals surface area (Å²) in [4.78, 5) is 9.18. The Hall–Kier alpha value is -1.85. The van der Waals surface area contributed by atoms with E-state index in [1.54, 1.807) is 7.11 Å². The van der Waals surface area contributed by atoms with Gasteiger partial charge in [0, 0.05) is 58.1 Å². The minimum atomic E-state index is 0.962. The first-order chi connectivity index (χ1) is 10.8. The van der Waals surface area contributed by atoms with Crippen molar-refractivity contribution < 1.29 is 4.74 Å². The lowest BCUT2D eigenvalue weighted by Gasteiger charge is -2.34. The summed E-state index contributed by atoms with van der Waals surface area (Å²) in [6.45, 7) is 6.33. The third-order valence-electron chi connectivity index (χ3n) is 4.35. The molecule has 2 aromatic rings. The van der Waals surface area contributed by atoms with Crippen molar-refractivity contribution in [1.29, 1.82) is 0 Å². The van der Waals surface area contributed by atoms with E-state index in [-0.39, 0.29) is 0 Å². The van der Waals surface area contributed by atoms with Crippen LogP contribution in [0.15, 0.2) is 36.8 Å². The number of ether oxygens (including phenoxy) is 1. The van der Waals surface area contributed by atoms with Gasteiger partial charge < -0.3 is 9.30 Å². The van der Waals surface area contributed by atoms with Crippen molar-refractivity contribution in [1.82, 2.24) is 19.4 Å². The molecule has 1 aliphatic heterocycles. The molecule has 1 aliphatic rings. The van der Waals surface area contributed by atoms with Gasteiger partial charge in [-0.3, -0.25) is 9.80 Å². The second kappa shape index (κ2) is 6.94. The zero-order valence-corrected chi connectivity index (χ0v) is 13.4. The molecular formula is C17H24N4O. The molecule has 0 atom stereocenters. The summed E-state index contributed by atoms with van der Waals surface area (Å²) in [7, 11) is 3.80. The maximum Gasteiger partial charge on any atom is 0.123 e. The number of imidazole rings is 1. The molecule has 3 rings (SSSR count). The summed E-state index contributed by atoms with van der Waals surface area (Å²) in [6.07, 6.45) is 3.83. The van der Waals surface area contributed by atoms with Gasteiger partial charge in [0.15, 0.2) is 0 Å². The summed E-state index contributed by atoms with van der Waals surface area (Å²) in [5.74, 6) is 0.986. The van der Waals surface area contributed by atoms with Crippen LogP contribution in [0.5, 0.6) is 5.75 Å². The Morgan fingerprint density at radius 3 is 2.36 bits per heavy atom. The Labute approximate surface area is 132 Å². The standard InChI is InChI=1S/C17H24N4O/c1-19-14-18-11-16(19)13-21-9-7-20(8-10-21)12-15-5-3-4-6-17(15)22-2/h3-6,11,14H,7-10,12-13H2,1-2H3. The Morgan fingerprint density at radius 1 is 1.05 bits per heavy atom. The van der Waals surface area contributed by atoms with Gasteiger partial charge in [-0.2, -0.15) is 0 Å². The first-order valence-electron chi connectivity index (χ1n) is 7.78. The first-order valence-corrected chi connectivity index (χ1v) is 7.78. The summed E-state index contributed by atoms with van der Waals surface area (Å²) < 4.78 is 7.54. The van der Waals surface area contributed by atoms with Crippen molar-refractivity contribution in [2.75, 3.05) is 33.3 Å². The molecule has 1 aromatic heterocycles. The first kappa shape index (κ1) is 15.1. The SMILES string of the molecule is COc1ccccc1CN1CCN(Cc2cncn2C)CC1. The molecule has 0 saturated carbocycles. The van der Waals surface area contributed by atoms with Crippen molar-refractivity contribution in [2.45, 2.75) is 13.1 Å². The normalized spacial score (nSPS) is 16.8. The summed E-state index contributed by atoms with van der Waals surface area (Å²) in [5, 5.41) is 0. The van der Waals surface area contributed by atoms with Crippen LogP contribution in [-0.2, 0) is 20.1 Å². The predicted molar refractivity (Wildman–Crippen MR) is 86.8 cm³/mol. The molecule has 0 bridgehead atoms. The highest BCUT2D eigenvalue weighted by atomic mass is 16.5. The van der Waals surface area contributed by atoms with Gasteiger partial charge in [-0.25, -0.2) is 4.98 Å². The van der Waals surface area contributed by atoms with E-state index in [1.807, 2.05) is 24.7 Å². The molecule has 0 spiro atoms. The van der Waals surface area contributed by atoms with E-state index in [1.165, 1.54) is 11.3 Å². The lowest BCUT2D eigenvalue weighted by Crippen LogP contribution is -2.45. The zero-order valence-electron chi connectivity index (χ0n) is 13.4. The van der Waals surface area contributed by atoms with Gasteiger partial charge in [0.1, 0.15) is 5.75 Å². The van der Waals surface area contributed by atoms with E-state index in [4.69, 9.17) is 4.74 Å². The molecule has 0 aliphatic carbocycles. The minimum Gasteiger partial charge on any atom is -0.496 e. The Kier molecular flexibility index (Phi) is 4.75. The van der Waals surface area contributed by atoms with Crippen LogP contribution >= 0.6 is 0 Å². The third-order valence-corrected chi connectivity index (χ3v) is 4.35. The molecule has 1 aromatic carbocycles. The Balaban J connectivity index is 1.52. The van der Waals surface area contributed by atoms with Crippen molar-refractivity contribution >= 4 is 0 Å². The molecule has 0 N–H and O–H groups in total.